The largest absolute Gasteiger partial charge is 0.455 e. The number of hydrogen-bond donors (Lipinski definition) is 2. The molecule has 148 valence electrons. The van der Waals surface area contributed by atoms with Crippen LogP contribution >= 0.6 is 11.8 Å². The summed E-state index contributed by atoms with van der Waals surface area (Å²) in [7, 11) is 0. The second kappa shape index (κ2) is 10.5. The minimum absolute atomic E-state index is 0.129. The van der Waals surface area contributed by atoms with Crippen molar-refractivity contribution >= 4 is 35.2 Å². The van der Waals surface area contributed by atoms with Crippen LogP contribution in [0.2, 0.25) is 0 Å². The molecule has 2 rings (SSSR count). The van der Waals surface area contributed by atoms with E-state index in [1.165, 1.54) is 11.8 Å². The van der Waals surface area contributed by atoms with Crippen LogP contribution in [-0.2, 0) is 14.3 Å². The van der Waals surface area contributed by atoms with E-state index in [1.807, 2.05) is 32.9 Å². The summed E-state index contributed by atoms with van der Waals surface area (Å²) in [6.45, 7) is 5.97. The molecule has 0 heterocycles. The Morgan fingerprint density at radius 1 is 1.07 bits per heavy atom. The lowest BCUT2D eigenvalue weighted by Gasteiger charge is -2.09. The van der Waals surface area contributed by atoms with Crippen LogP contribution in [0.15, 0.2) is 47.4 Å². The van der Waals surface area contributed by atoms with Gasteiger partial charge in [-0.15, -0.1) is 11.8 Å². The highest BCUT2D eigenvalue weighted by atomic mass is 32.2. The predicted octanol–water partition coefficient (Wildman–Crippen LogP) is 3.33. The molecule has 0 atom stereocenters. The summed E-state index contributed by atoms with van der Waals surface area (Å²) < 4.78 is 5.03. The molecule has 0 spiro atoms. The van der Waals surface area contributed by atoms with Crippen LogP contribution in [-0.4, -0.2) is 36.7 Å². The summed E-state index contributed by atoms with van der Waals surface area (Å²) in [5.41, 5.74) is 3.18. The average molecular weight is 401 g/mol. The zero-order valence-electron chi connectivity index (χ0n) is 16.2. The van der Waals surface area contributed by atoms with E-state index < -0.39 is 11.9 Å². The summed E-state index contributed by atoms with van der Waals surface area (Å²) in [6, 6.07) is 12.6. The fourth-order valence-electron chi connectivity index (χ4n) is 2.48. The Bertz CT molecular complexity index is 867. The Kier molecular flexibility index (Phi) is 8.07. The third-order valence-corrected chi connectivity index (χ3v) is 4.94. The molecule has 0 saturated heterocycles. The van der Waals surface area contributed by atoms with Gasteiger partial charge in [-0.3, -0.25) is 14.4 Å². The monoisotopic (exact) mass is 400 g/mol. The van der Waals surface area contributed by atoms with Crippen LogP contribution < -0.4 is 10.6 Å². The van der Waals surface area contributed by atoms with Crippen molar-refractivity contribution in [2.45, 2.75) is 25.7 Å². The maximum atomic E-state index is 12.0. The Hall–Kier alpha value is -2.80. The minimum atomic E-state index is -0.462. The van der Waals surface area contributed by atoms with Crippen LogP contribution in [0.25, 0.3) is 0 Å². The molecule has 0 unspecified atom stereocenters. The zero-order chi connectivity index (χ0) is 20.5. The van der Waals surface area contributed by atoms with Gasteiger partial charge in [0.05, 0.1) is 5.75 Å². The van der Waals surface area contributed by atoms with E-state index in [9.17, 15) is 14.4 Å². The first kappa shape index (κ1) is 21.5. The van der Waals surface area contributed by atoms with Gasteiger partial charge in [-0.1, -0.05) is 23.8 Å². The zero-order valence-corrected chi connectivity index (χ0v) is 17.0. The molecule has 0 aliphatic rings. The number of ether oxygens (including phenoxy) is 1. The number of anilines is 1. The highest BCUT2D eigenvalue weighted by molar-refractivity contribution is 8.00. The first-order valence-electron chi connectivity index (χ1n) is 8.93. The lowest BCUT2D eigenvalue weighted by atomic mass is 10.2. The first-order chi connectivity index (χ1) is 13.4. The minimum Gasteiger partial charge on any atom is -0.455 e. The van der Waals surface area contributed by atoms with Crippen molar-refractivity contribution in [1.82, 2.24) is 5.32 Å². The van der Waals surface area contributed by atoms with E-state index in [0.717, 1.165) is 16.0 Å². The number of rotatable bonds is 8. The lowest BCUT2D eigenvalue weighted by molar-refractivity contribution is -0.144. The van der Waals surface area contributed by atoms with Crippen molar-refractivity contribution in [2.75, 3.05) is 24.2 Å². The van der Waals surface area contributed by atoms with Crippen LogP contribution in [0.5, 0.6) is 0 Å². The third kappa shape index (κ3) is 6.74. The number of carbonyl (C=O) groups excluding carboxylic acids is 3. The first-order valence-corrected chi connectivity index (χ1v) is 9.91. The molecule has 2 aromatic carbocycles. The fraction of sp³-hybridized carbons (Fsp3) is 0.286. The molecular weight excluding hydrogens is 376 g/mol. The Balaban J connectivity index is 1.79. The highest BCUT2D eigenvalue weighted by Gasteiger charge is 2.11. The molecule has 0 aliphatic heterocycles. The molecule has 2 aromatic rings. The van der Waals surface area contributed by atoms with Crippen molar-refractivity contribution in [3.05, 3.63) is 59.2 Å². The van der Waals surface area contributed by atoms with Crippen LogP contribution in [0.4, 0.5) is 5.69 Å². The van der Waals surface area contributed by atoms with Crippen molar-refractivity contribution in [1.29, 1.82) is 0 Å². The van der Waals surface area contributed by atoms with Crippen LogP contribution in [0.3, 0.4) is 0 Å². The normalized spacial score (nSPS) is 10.2. The van der Waals surface area contributed by atoms with E-state index in [2.05, 4.69) is 16.7 Å². The van der Waals surface area contributed by atoms with Crippen LogP contribution in [0, 0.1) is 13.8 Å². The van der Waals surface area contributed by atoms with Gasteiger partial charge in [-0.25, -0.2) is 0 Å². The second-order valence-corrected chi connectivity index (χ2v) is 7.22. The van der Waals surface area contributed by atoms with Crippen molar-refractivity contribution < 1.29 is 19.1 Å². The number of nitrogens with one attached hydrogen (secondary N) is 2. The molecule has 2 amide bonds. The molecule has 7 heteroatoms. The molecule has 0 fully saturated rings. The van der Waals surface area contributed by atoms with E-state index in [-0.39, 0.29) is 18.3 Å². The lowest BCUT2D eigenvalue weighted by Crippen LogP contribution is -2.24. The molecule has 2 N–H and O–H groups in total. The van der Waals surface area contributed by atoms with Gasteiger partial charge < -0.3 is 15.4 Å². The van der Waals surface area contributed by atoms with E-state index >= 15 is 0 Å². The average Bonchev–Trinajstić information content (AvgIpc) is 2.66. The van der Waals surface area contributed by atoms with Gasteiger partial charge in [-0.05, 0) is 50.6 Å². The summed E-state index contributed by atoms with van der Waals surface area (Å²) in [5.74, 6) is -1.01. The van der Waals surface area contributed by atoms with Crippen molar-refractivity contribution in [3.8, 4) is 0 Å². The van der Waals surface area contributed by atoms with E-state index in [0.29, 0.717) is 17.8 Å². The molecule has 0 aromatic heterocycles. The predicted molar refractivity (Wildman–Crippen MR) is 111 cm³/mol. The number of amides is 2. The molecular formula is C21H24N2O4S. The topological polar surface area (TPSA) is 84.5 Å². The standard InChI is InChI=1S/C21H24N2O4S/c1-4-22-21(26)16-6-5-7-17(11-16)23-19(24)12-27-20(25)13-28-18-9-8-14(2)10-15(18)3/h5-11H,4,12-13H2,1-3H3,(H,22,26)(H,23,24). The molecule has 0 radical (unpaired) electrons. The number of hydrogen-bond acceptors (Lipinski definition) is 5. The van der Waals surface area contributed by atoms with Gasteiger partial charge >= 0.3 is 5.97 Å². The third-order valence-electron chi connectivity index (χ3n) is 3.79. The van der Waals surface area contributed by atoms with Gasteiger partial charge in [0.1, 0.15) is 0 Å². The summed E-state index contributed by atoms with van der Waals surface area (Å²) >= 11 is 1.38. The SMILES string of the molecule is CCNC(=O)c1cccc(NC(=O)COC(=O)CSc2ccc(C)cc2C)c1. The van der Waals surface area contributed by atoms with Gasteiger partial charge in [-0.2, -0.15) is 0 Å². The maximum Gasteiger partial charge on any atom is 0.316 e. The fourth-order valence-corrected chi connectivity index (χ4v) is 3.29. The van der Waals surface area contributed by atoms with Crippen molar-refractivity contribution in [3.63, 3.8) is 0 Å². The molecule has 0 bridgehead atoms. The number of carbonyl (C=O) groups is 3. The highest BCUT2D eigenvalue weighted by Crippen LogP contribution is 2.23. The molecule has 6 nitrogen and oxygen atoms in total. The summed E-state index contributed by atoms with van der Waals surface area (Å²) in [4.78, 5) is 36.7. The van der Waals surface area contributed by atoms with E-state index in [1.54, 1.807) is 24.3 Å². The smallest absolute Gasteiger partial charge is 0.316 e. The number of esters is 1. The van der Waals surface area contributed by atoms with Crippen LogP contribution in [0.1, 0.15) is 28.4 Å². The van der Waals surface area contributed by atoms with E-state index in [4.69, 9.17) is 4.74 Å². The number of benzene rings is 2. The number of thioether (sulfide) groups is 1. The van der Waals surface area contributed by atoms with Gasteiger partial charge in [0.15, 0.2) is 6.61 Å². The second-order valence-electron chi connectivity index (χ2n) is 6.21. The Labute approximate surface area is 169 Å². The number of aryl methyl sites for hydroxylation is 2. The van der Waals surface area contributed by atoms with Gasteiger partial charge in [0.2, 0.25) is 0 Å². The Morgan fingerprint density at radius 2 is 1.86 bits per heavy atom. The molecule has 28 heavy (non-hydrogen) atoms. The molecule has 0 aliphatic carbocycles. The molecule has 0 saturated carbocycles. The quantitative estimate of drug-likeness (QED) is 0.524. The summed E-state index contributed by atoms with van der Waals surface area (Å²) in [6.07, 6.45) is 0. The van der Waals surface area contributed by atoms with Gasteiger partial charge in [0.25, 0.3) is 11.8 Å². The Morgan fingerprint density at radius 3 is 2.57 bits per heavy atom. The van der Waals surface area contributed by atoms with Crippen molar-refractivity contribution in [2.24, 2.45) is 0 Å². The summed E-state index contributed by atoms with van der Waals surface area (Å²) in [5, 5.41) is 5.31. The van der Waals surface area contributed by atoms with Gasteiger partial charge in [0, 0.05) is 22.7 Å². The maximum absolute atomic E-state index is 12.0.